The van der Waals surface area contributed by atoms with Crippen LogP contribution in [-0.4, -0.2) is 15.2 Å². The van der Waals surface area contributed by atoms with Crippen molar-refractivity contribution in [3.8, 4) is 11.3 Å². The van der Waals surface area contributed by atoms with Crippen molar-refractivity contribution >= 4 is 5.95 Å². The third-order valence-electron chi connectivity index (χ3n) is 2.98. The highest BCUT2D eigenvalue weighted by Crippen LogP contribution is 2.32. The lowest BCUT2D eigenvalue weighted by Gasteiger charge is -2.07. The van der Waals surface area contributed by atoms with Gasteiger partial charge in [-0.05, 0) is 24.3 Å². The fourth-order valence-electron chi connectivity index (χ4n) is 1.94. The molecule has 2 aromatic heterocycles. The number of furan rings is 1. The Bertz CT molecular complexity index is 750. The van der Waals surface area contributed by atoms with Crippen LogP contribution < -0.4 is 5.32 Å². The summed E-state index contributed by atoms with van der Waals surface area (Å²) in [4.78, 5) is 3.89. The molecule has 2 heterocycles. The number of aromatic amines is 1. The number of halogens is 3. The van der Waals surface area contributed by atoms with Crippen molar-refractivity contribution in [3.63, 3.8) is 0 Å². The summed E-state index contributed by atoms with van der Waals surface area (Å²) >= 11 is 0. The van der Waals surface area contributed by atoms with Gasteiger partial charge in [-0.25, -0.2) is 10.1 Å². The largest absolute Gasteiger partial charge is 0.459 e. The van der Waals surface area contributed by atoms with E-state index in [1.165, 1.54) is 12.4 Å². The van der Waals surface area contributed by atoms with Crippen molar-refractivity contribution in [3.05, 3.63) is 54.0 Å². The molecule has 0 saturated carbocycles. The Hall–Kier alpha value is -2.77. The lowest BCUT2D eigenvalue weighted by Crippen LogP contribution is -2.04. The van der Waals surface area contributed by atoms with Gasteiger partial charge in [0.15, 0.2) is 0 Å². The van der Waals surface area contributed by atoms with Gasteiger partial charge in [-0.3, -0.25) is 0 Å². The summed E-state index contributed by atoms with van der Waals surface area (Å²) in [6, 6.07) is 8.34. The minimum Gasteiger partial charge on any atom is -0.459 e. The highest BCUT2D eigenvalue weighted by Gasteiger charge is 2.30. The van der Waals surface area contributed by atoms with Gasteiger partial charge in [-0.15, -0.1) is 0 Å². The monoisotopic (exact) mass is 308 g/mol. The number of aromatic nitrogens is 3. The van der Waals surface area contributed by atoms with E-state index in [2.05, 4.69) is 20.5 Å². The average molecular weight is 308 g/mol. The molecule has 0 saturated heterocycles. The predicted octanol–water partition coefficient (Wildman–Crippen LogP) is 3.70. The Morgan fingerprint density at radius 1 is 1.18 bits per heavy atom. The van der Waals surface area contributed by atoms with Crippen molar-refractivity contribution in [1.82, 2.24) is 15.2 Å². The minimum atomic E-state index is -4.38. The zero-order chi connectivity index (χ0) is 15.6. The molecule has 0 aliphatic rings. The fraction of sp³-hybridized carbons (Fsp3) is 0.143. The second kappa shape index (κ2) is 5.55. The molecule has 0 aliphatic heterocycles. The highest BCUT2D eigenvalue weighted by molar-refractivity contribution is 5.59. The molecular formula is C14H11F3N4O. The molecule has 0 amide bonds. The summed E-state index contributed by atoms with van der Waals surface area (Å²) in [6.45, 7) is 0.341. The topological polar surface area (TPSA) is 66.7 Å². The number of rotatable bonds is 4. The van der Waals surface area contributed by atoms with Gasteiger partial charge in [-0.1, -0.05) is 12.1 Å². The molecule has 1 aromatic carbocycles. The van der Waals surface area contributed by atoms with E-state index in [-0.39, 0.29) is 0 Å². The van der Waals surface area contributed by atoms with Crippen LogP contribution >= 0.6 is 0 Å². The average Bonchev–Trinajstić information content (AvgIpc) is 3.16. The Balaban J connectivity index is 1.76. The molecule has 8 heteroatoms. The minimum absolute atomic E-state index is 0.341. The molecule has 0 atom stereocenters. The summed E-state index contributed by atoms with van der Waals surface area (Å²) < 4.78 is 43.7. The molecule has 0 unspecified atom stereocenters. The van der Waals surface area contributed by atoms with Crippen LogP contribution in [0.15, 0.2) is 47.1 Å². The molecule has 3 aromatic rings. The molecule has 114 valence electrons. The second-order valence-electron chi connectivity index (χ2n) is 4.53. The number of hydrogen-bond acceptors (Lipinski definition) is 4. The maximum Gasteiger partial charge on any atom is 0.416 e. The van der Waals surface area contributed by atoms with Crippen molar-refractivity contribution in [1.29, 1.82) is 0 Å². The van der Waals surface area contributed by atoms with Crippen molar-refractivity contribution in [2.24, 2.45) is 0 Å². The molecule has 0 spiro atoms. The molecule has 0 radical (unpaired) electrons. The van der Waals surface area contributed by atoms with Crippen LogP contribution in [0.25, 0.3) is 11.3 Å². The van der Waals surface area contributed by atoms with Crippen LogP contribution in [0.4, 0.5) is 19.1 Å². The summed E-state index contributed by atoms with van der Waals surface area (Å²) in [6.07, 6.45) is -3.02. The van der Waals surface area contributed by atoms with Gasteiger partial charge in [0.25, 0.3) is 0 Å². The Kier molecular flexibility index (Phi) is 3.58. The molecule has 2 N–H and O–H groups in total. The third kappa shape index (κ3) is 3.11. The lowest BCUT2D eigenvalue weighted by molar-refractivity contribution is -0.137. The zero-order valence-electron chi connectivity index (χ0n) is 11.2. The maximum atomic E-state index is 12.7. The SMILES string of the molecule is FC(F)(F)c1cccc(-c2ccc(CNc3ncn[nH]3)o2)c1. The Labute approximate surface area is 123 Å². The number of alkyl halides is 3. The van der Waals surface area contributed by atoms with Gasteiger partial charge >= 0.3 is 6.18 Å². The van der Waals surface area contributed by atoms with Crippen LogP contribution in [0.1, 0.15) is 11.3 Å². The smallest absolute Gasteiger partial charge is 0.416 e. The summed E-state index contributed by atoms with van der Waals surface area (Å²) in [5.41, 5.74) is -0.330. The van der Waals surface area contributed by atoms with E-state index in [1.54, 1.807) is 18.2 Å². The number of nitrogens with one attached hydrogen (secondary N) is 2. The number of anilines is 1. The van der Waals surface area contributed by atoms with Gasteiger partial charge in [0, 0.05) is 5.56 Å². The van der Waals surface area contributed by atoms with Crippen molar-refractivity contribution in [2.75, 3.05) is 5.32 Å². The number of nitrogens with zero attached hydrogens (tertiary/aromatic N) is 2. The molecule has 5 nitrogen and oxygen atoms in total. The van der Waals surface area contributed by atoms with E-state index in [0.717, 1.165) is 12.1 Å². The number of hydrogen-bond donors (Lipinski definition) is 2. The normalized spacial score (nSPS) is 11.6. The van der Waals surface area contributed by atoms with Crippen LogP contribution in [0, 0.1) is 0 Å². The molecule has 0 aliphatic carbocycles. The van der Waals surface area contributed by atoms with Crippen LogP contribution in [0.3, 0.4) is 0 Å². The van der Waals surface area contributed by atoms with E-state index in [1.807, 2.05) is 0 Å². The van der Waals surface area contributed by atoms with E-state index >= 15 is 0 Å². The highest BCUT2D eigenvalue weighted by atomic mass is 19.4. The van der Waals surface area contributed by atoms with E-state index < -0.39 is 11.7 Å². The number of benzene rings is 1. The molecule has 3 rings (SSSR count). The van der Waals surface area contributed by atoms with Gasteiger partial charge in [0.05, 0.1) is 12.1 Å². The molecule has 22 heavy (non-hydrogen) atoms. The summed E-state index contributed by atoms with van der Waals surface area (Å²) in [5, 5.41) is 9.25. The maximum absolute atomic E-state index is 12.7. The first-order valence-electron chi connectivity index (χ1n) is 6.38. The van der Waals surface area contributed by atoms with Gasteiger partial charge in [-0.2, -0.15) is 18.3 Å². The molecule has 0 fully saturated rings. The summed E-state index contributed by atoms with van der Waals surface area (Å²) in [5.74, 6) is 1.43. The standard InChI is InChI=1S/C14H11F3N4O/c15-14(16,17)10-3-1-2-9(6-10)12-5-4-11(22-12)7-18-13-19-8-20-21-13/h1-6,8H,7H2,(H2,18,19,20,21). The van der Waals surface area contributed by atoms with Gasteiger partial charge in [0.1, 0.15) is 17.8 Å². The number of H-pyrrole nitrogens is 1. The van der Waals surface area contributed by atoms with Crippen LogP contribution in [-0.2, 0) is 12.7 Å². The van der Waals surface area contributed by atoms with Crippen molar-refractivity contribution in [2.45, 2.75) is 12.7 Å². The third-order valence-corrected chi connectivity index (χ3v) is 2.98. The quantitative estimate of drug-likeness (QED) is 0.771. The van der Waals surface area contributed by atoms with Gasteiger partial charge < -0.3 is 9.73 Å². The first kappa shape index (κ1) is 14.2. The van der Waals surface area contributed by atoms with E-state index in [0.29, 0.717) is 29.6 Å². The van der Waals surface area contributed by atoms with Crippen molar-refractivity contribution < 1.29 is 17.6 Å². The van der Waals surface area contributed by atoms with E-state index in [4.69, 9.17) is 4.42 Å². The molecule has 0 bridgehead atoms. The predicted molar refractivity (Wildman–Crippen MR) is 72.9 cm³/mol. The summed E-state index contributed by atoms with van der Waals surface area (Å²) in [7, 11) is 0. The molecular weight excluding hydrogens is 297 g/mol. The van der Waals surface area contributed by atoms with Crippen LogP contribution in [0.5, 0.6) is 0 Å². The first-order valence-corrected chi connectivity index (χ1v) is 6.38. The fourth-order valence-corrected chi connectivity index (χ4v) is 1.94. The van der Waals surface area contributed by atoms with E-state index in [9.17, 15) is 13.2 Å². The first-order chi connectivity index (χ1) is 10.5. The van der Waals surface area contributed by atoms with Crippen LogP contribution in [0.2, 0.25) is 0 Å². The second-order valence-corrected chi connectivity index (χ2v) is 4.53. The Morgan fingerprint density at radius 3 is 2.77 bits per heavy atom. The lowest BCUT2D eigenvalue weighted by atomic mass is 10.1. The van der Waals surface area contributed by atoms with Gasteiger partial charge in [0.2, 0.25) is 5.95 Å². The Morgan fingerprint density at radius 2 is 2.05 bits per heavy atom. The zero-order valence-corrected chi connectivity index (χ0v) is 11.2.